The highest BCUT2D eigenvalue weighted by atomic mass is 16.6. The predicted molar refractivity (Wildman–Crippen MR) is 74.5 cm³/mol. The summed E-state index contributed by atoms with van der Waals surface area (Å²) in [6.07, 6.45) is -0.0204. The van der Waals surface area contributed by atoms with Crippen molar-refractivity contribution in [1.29, 1.82) is 0 Å². The van der Waals surface area contributed by atoms with Gasteiger partial charge < -0.3 is 14.6 Å². The van der Waals surface area contributed by atoms with E-state index in [1.54, 1.807) is 0 Å². The molecular weight excluding hydrogens is 240 g/mol. The van der Waals surface area contributed by atoms with Crippen LogP contribution in [0, 0.1) is 11.8 Å². The van der Waals surface area contributed by atoms with Crippen LogP contribution in [0.3, 0.4) is 0 Å². The van der Waals surface area contributed by atoms with Gasteiger partial charge in [0.05, 0.1) is 12.7 Å². The van der Waals surface area contributed by atoms with Gasteiger partial charge >= 0.3 is 0 Å². The van der Waals surface area contributed by atoms with Crippen LogP contribution < -0.4 is 0 Å². The van der Waals surface area contributed by atoms with Gasteiger partial charge in [-0.15, -0.1) is 0 Å². The number of hydrogen-bond donors (Lipinski definition) is 1. The first-order chi connectivity index (χ1) is 9.13. The highest BCUT2D eigenvalue weighted by molar-refractivity contribution is 5.13. The van der Waals surface area contributed by atoms with Crippen LogP contribution in [0.4, 0.5) is 0 Å². The molecule has 1 N–H and O–H groups in total. The van der Waals surface area contributed by atoms with Gasteiger partial charge in [0, 0.05) is 0 Å². The van der Waals surface area contributed by atoms with Gasteiger partial charge in [0.25, 0.3) is 0 Å². The van der Waals surface area contributed by atoms with Gasteiger partial charge in [0.15, 0.2) is 6.29 Å². The molecule has 2 unspecified atom stereocenters. The number of aliphatic hydroxyl groups is 1. The largest absolute Gasteiger partial charge is 0.368 e. The summed E-state index contributed by atoms with van der Waals surface area (Å²) in [5.74, 6) is 0.687. The molecule has 1 heterocycles. The summed E-state index contributed by atoms with van der Waals surface area (Å²) < 4.78 is 11.5. The Labute approximate surface area is 115 Å². The van der Waals surface area contributed by atoms with Gasteiger partial charge in [-0.2, -0.15) is 0 Å². The van der Waals surface area contributed by atoms with Crippen LogP contribution in [0.25, 0.3) is 0 Å². The van der Waals surface area contributed by atoms with Crippen LogP contribution in [-0.4, -0.2) is 23.6 Å². The molecule has 1 aliphatic rings. The SMILES string of the molecule is CCC1O[C@@H](O)C(OCc2ccccc2)[C@@H](C)[C@H]1C. The fourth-order valence-electron chi connectivity index (χ4n) is 2.75. The predicted octanol–water partition coefficient (Wildman–Crippen LogP) is 2.97. The molecule has 1 aliphatic heterocycles. The minimum absolute atomic E-state index is 0.126. The first kappa shape index (κ1) is 14.5. The van der Waals surface area contributed by atoms with E-state index in [0.717, 1.165) is 12.0 Å². The second-order valence-corrected chi connectivity index (χ2v) is 5.45. The van der Waals surface area contributed by atoms with Crippen molar-refractivity contribution in [3.8, 4) is 0 Å². The maximum Gasteiger partial charge on any atom is 0.181 e. The van der Waals surface area contributed by atoms with Crippen LogP contribution >= 0.6 is 0 Å². The fraction of sp³-hybridized carbons (Fsp3) is 0.625. The first-order valence-electron chi connectivity index (χ1n) is 7.12. The monoisotopic (exact) mass is 264 g/mol. The minimum Gasteiger partial charge on any atom is -0.368 e. The number of benzene rings is 1. The molecule has 0 spiro atoms. The second-order valence-electron chi connectivity index (χ2n) is 5.45. The fourth-order valence-corrected chi connectivity index (χ4v) is 2.75. The Morgan fingerprint density at radius 3 is 2.47 bits per heavy atom. The molecule has 0 bridgehead atoms. The molecule has 3 nitrogen and oxygen atoms in total. The number of hydrogen-bond acceptors (Lipinski definition) is 3. The quantitative estimate of drug-likeness (QED) is 0.908. The zero-order valence-corrected chi connectivity index (χ0v) is 12.0. The molecule has 106 valence electrons. The van der Waals surface area contributed by atoms with E-state index < -0.39 is 6.29 Å². The van der Waals surface area contributed by atoms with E-state index in [-0.39, 0.29) is 18.1 Å². The van der Waals surface area contributed by atoms with Gasteiger partial charge in [-0.25, -0.2) is 0 Å². The van der Waals surface area contributed by atoms with Crippen molar-refractivity contribution in [3.63, 3.8) is 0 Å². The molecule has 0 saturated carbocycles. The van der Waals surface area contributed by atoms with E-state index in [0.29, 0.717) is 12.5 Å². The third-order valence-electron chi connectivity index (χ3n) is 4.22. The summed E-state index contributed by atoms with van der Waals surface area (Å²) in [6.45, 7) is 6.91. The van der Waals surface area contributed by atoms with E-state index >= 15 is 0 Å². The maximum atomic E-state index is 10.1. The highest BCUT2D eigenvalue weighted by Crippen LogP contribution is 2.33. The van der Waals surface area contributed by atoms with Crippen molar-refractivity contribution in [2.24, 2.45) is 11.8 Å². The molecule has 19 heavy (non-hydrogen) atoms. The summed E-state index contributed by atoms with van der Waals surface area (Å²) in [4.78, 5) is 0. The number of rotatable bonds is 4. The first-order valence-corrected chi connectivity index (χ1v) is 7.12. The Kier molecular flexibility index (Phi) is 4.97. The lowest BCUT2D eigenvalue weighted by molar-refractivity contribution is -0.264. The maximum absolute atomic E-state index is 10.1. The highest BCUT2D eigenvalue weighted by Gasteiger charge is 2.40. The third-order valence-corrected chi connectivity index (χ3v) is 4.22. The summed E-state index contributed by atoms with van der Waals surface area (Å²) >= 11 is 0. The lowest BCUT2D eigenvalue weighted by Crippen LogP contribution is -2.50. The normalized spacial score (nSPS) is 35.3. The Morgan fingerprint density at radius 2 is 1.84 bits per heavy atom. The van der Waals surface area contributed by atoms with Gasteiger partial charge in [-0.3, -0.25) is 0 Å². The van der Waals surface area contributed by atoms with Gasteiger partial charge in [-0.1, -0.05) is 51.1 Å². The van der Waals surface area contributed by atoms with Crippen molar-refractivity contribution in [2.45, 2.75) is 52.3 Å². The average Bonchev–Trinajstić information content (AvgIpc) is 2.44. The summed E-state index contributed by atoms with van der Waals surface area (Å²) in [6, 6.07) is 10.0. The molecule has 0 aliphatic carbocycles. The van der Waals surface area contributed by atoms with E-state index in [1.165, 1.54) is 0 Å². The number of ether oxygens (including phenoxy) is 2. The second kappa shape index (κ2) is 6.51. The van der Waals surface area contributed by atoms with Crippen LogP contribution in [0.5, 0.6) is 0 Å². The molecular formula is C16H24O3. The summed E-state index contributed by atoms with van der Waals surface area (Å²) in [5, 5.41) is 10.1. The van der Waals surface area contributed by atoms with E-state index in [1.807, 2.05) is 30.3 Å². The lowest BCUT2D eigenvalue weighted by atomic mass is 9.82. The number of aliphatic hydroxyl groups excluding tert-OH is 1. The molecule has 1 aromatic carbocycles. The molecule has 2 rings (SSSR count). The van der Waals surface area contributed by atoms with Crippen molar-refractivity contribution in [3.05, 3.63) is 35.9 Å². The smallest absolute Gasteiger partial charge is 0.181 e. The van der Waals surface area contributed by atoms with Gasteiger partial charge in [0.1, 0.15) is 6.10 Å². The Balaban J connectivity index is 1.96. The molecule has 0 amide bonds. The molecule has 1 fully saturated rings. The van der Waals surface area contributed by atoms with Crippen molar-refractivity contribution in [1.82, 2.24) is 0 Å². The topological polar surface area (TPSA) is 38.7 Å². The molecule has 1 saturated heterocycles. The Bertz CT molecular complexity index is 379. The van der Waals surface area contributed by atoms with Crippen LogP contribution in [0.1, 0.15) is 32.8 Å². The summed E-state index contributed by atoms with van der Waals surface area (Å²) in [7, 11) is 0. The van der Waals surface area contributed by atoms with Crippen molar-refractivity contribution < 1.29 is 14.6 Å². The zero-order chi connectivity index (χ0) is 13.8. The van der Waals surface area contributed by atoms with E-state index in [4.69, 9.17) is 9.47 Å². The molecule has 0 radical (unpaired) electrons. The molecule has 0 aromatic heterocycles. The zero-order valence-electron chi connectivity index (χ0n) is 12.0. The van der Waals surface area contributed by atoms with Crippen LogP contribution in [0.2, 0.25) is 0 Å². The Morgan fingerprint density at radius 1 is 1.16 bits per heavy atom. The van der Waals surface area contributed by atoms with E-state index in [9.17, 15) is 5.11 Å². The van der Waals surface area contributed by atoms with Crippen LogP contribution in [0.15, 0.2) is 30.3 Å². The third kappa shape index (κ3) is 3.35. The molecule has 1 aromatic rings. The van der Waals surface area contributed by atoms with Crippen molar-refractivity contribution in [2.75, 3.05) is 0 Å². The Hall–Kier alpha value is -0.900. The van der Waals surface area contributed by atoms with E-state index in [2.05, 4.69) is 20.8 Å². The lowest BCUT2D eigenvalue weighted by Gasteiger charge is -2.42. The van der Waals surface area contributed by atoms with Gasteiger partial charge in [0.2, 0.25) is 0 Å². The summed E-state index contributed by atoms with van der Waals surface area (Å²) in [5.41, 5.74) is 1.12. The molecule has 3 heteroatoms. The molecule has 5 atom stereocenters. The minimum atomic E-state index is -0.820. The van der Waals surface area contributed by atoms with Gasteiger partial charge in [-0.05, 0) is 23.8 Å². The standard InChI is InChI=1S/C16H24O3/c1-4-14-11(2)12(3)15(16(17)19-14)18-10-13-8-6-5-7-9-13/h5-9,11-12,14-17H,4,10H2,1-3H3/t11-,12+,14?,15?,16-/m1/s1. The van der Waals surface area contributed by atoms with Crippen molar-refractivity contribution >= 4 is 0 Å². The average molecular weight is 264 g/mol. The van der Waals surface area contributed by atoms with Crippen LogP contribution in [-0.2, 0) is 16.1 Å².